The van der Waals surface area contributed by atoms with E-state index in [0.29, 0.717) is 17.5 Å². The quantitative estimate of drug-likeness (QED) is 0.158. The van der Waals surface area contributed by atoms with Crippen LogP contribution in [-0.2, 0) is 25.1 Å². The van der Waals surface area contributed by atoms with Crippen LogP contribution >= 0.6 is 11.6 Å². The number of anilines is 1. The number of nitrogens with zero attached hydrogens (tertiary/aromatic N) is 3. The molecule has 9 nitrogen and oxygen atoms in total. The number of benzene rings is 1. The van der Waals surface area contributed by atoms with Gasteiger partial charge in [0.2, 0.25) is 5.28 Å². The first-order valence-corrected chi connectivity index (χ1v) is 16.1. The number of carbonyl (C=O) groups is 1. The summed E-state index contributed by atoms with van der Waals surface area (Å²) in [6, 6.07) is 11.5. The fourth-order valence-electron chi connectivity index (χ4n) is 4.16. The summed E-state index contributed by atoms with van der Waals surface area (Å²) in [6.45, 7) is 10.9. The van der Waals surface area contributed by atoms with Crippen LogP contribution in [0.2, 0.25) is 23.4 Å². The lowest BCUT2D eigenvalue weighted by Gasteiger charge is -2.39. The summed E-state index contributed by atoms with van der Waals surface area (Å²) in [5, 5.41) is 0.573. The first-order valence-electron chi connectivity index (χ1n) is 12.8. The molecule has 1 fully saturated rings. The zero-order valence-electron chi connectivity index (χ0n) is 22.9. The predicted molar refractivity (Wildman–Crippen MR) is 153 cm³/mol. The summed E-state index contributed by atoms with van der Waals surface area (Å²) in [4.78, 5) is 21.1. The van der Waals surface area contributed by atoms with Gasteiger partial charge in [0.05, 0.1) is 18.6 Å². The molecule has 0 aliphatic carbocycles. The number of halogens is 1. The van der Waals surface area contributed by atoms with E-state index >= 15 is 0 Å². The monoisotopic (exact) mass is 570 g/mol. The lowest BCUT2D eigenvalue weighted by Crippen LogP contribution is -2.50. The van der Waals surface area contributed by atoms with E-state index in [9.17, 15) is 4.79 Å². The van der Waals surface area contributed by atoms with Gasteiger partial charge >= 0.3 is 6.16 Å². The fraction of sp³-hybridized carbons (Fsp3) is 0.464. The van der Waals surface area contributed by atoms with Gasteiger partial charge in [-0.3, -0.25) is 0 Å². The summed E-state index contributed by atoms with van der Waals surface area (Å²) in [7, 11) is -2.22. The van der Waals surface area contributed by atoms with Crippen LogP contribution in [-0.4, -0.2) is 53.9 Å². The Morgan fingerprint density at radius 3 is 2.67 bits per heavy atom. The van der Waals surface area contributed by atoms with Crippen molar-refractivity contribution in [1.82, 2.24) is 14.5 Å². The third-order valence-electron chi connectivity index (χ3n) is 7.56. The molecular weight excluding hydrogens is 536 g/mol. The Kier molecular flexibility index (Phi) is 8.28. The average molecular weight is 571 g/mol. The van der Waals surface area contributed by atoms with Crippen molar-refractivity contribution in [3.8, 4) is 12.3 Å². The molecule has 208 valence electrons. The van der Waals surface area contributed by atoms with E-state index in [-0.39, 0.29) is 35.8 Å². The van der Waals surface area contributed by atoms with Gasteiger partial charge in [0.15, 0.2) is 20.0 Å². The minimum Gasteiger partial charge on any atom is -0.434 e. The van der Waals surface area contributed by atoms with E-state index < -0.39 is 32.4 Å². The summed E-state index contributed by atoms with van der Waals surface area (Å²) in [5.41, 5.74) is 6.23. The highest BCUT2D eigenvalue weighted by atomic mass is 35.5. The van der Waals surface area contributed by atoms with Gasteiger partial charge in [-0.15, -0.1) is 6.42 Å². The second-order valence-electron chi connectivity index (χ2n) is 11.2. The van der Waals surface area contributed by atoms with Crippen molar-refractivity contribution in [3.05, 3.63) is 53.4 Å². The molecule has 3 heterocycles. The van der Waals surface area contributed by atoms with Gasteiger partial charge in [0.25, 0.3) is 0 Å². The van der Waals surface area contributed by atoms with E-state index in [1.807, 2.05) is 30.3 Å². The van der Waals surface area contributed by atoms with Gasteiger partial charge in [0.1, 0.15) is 17.7 Å². The summed E-state index contributed by atoms with van der Waals surface area (Å²) < 4.78 is 25.9. The zero-order valence-corrected chi connectivity index (χ0v) is 24.7. The van der Waals surface area contributed by atoms with E-state index in [4.69, 9.17) is 42.4 Å². The topological polar surface area (TPSA) is 111 Å². The molecule has 1 aromatic carbocycles. The molecule has 0 radical (unpaired) electrons. The Bertz CT molecular complexity index is 1370. The van der Waals surface area contributed by atoms with Crippen molar-refractivity contribution >= 4 is 42.9 Å². The highest BCUT2D eigenvalue weighted by molar-refractivity contribution is 6.74. The van der Waals surface area contributed by atoms with Crippen LogP contribution < -0.4 is 5.73 Å². The minimum absolute atomic E-state index is 0.0113. The third kappa shape index (κ3) is 6.22. The van der Waals surface area contributed by atoms with Crippen molar-refractivity contribution < 1.29 is 23.4 Å². The van der Waals surface area contributed by atoms with E-state index in [1.54, 1.807) is 16.8 Å². The molecule has 0 unspecified atom stereocenters. The first-order chi connectivity index (χ1) is 18.3. The van der Waals surface area contributed by atoms with Gasteiger partial charge in [-0.1, -0.05) is 57.0 Å². The van der Waals surface area contributed by atoms with Crippen LogP contribution in [0.25, 0.3) is 11.0 Å². The zero-order chi connectivity index (χ0) is 28.4. The number of ether oxygens (including phenoxy) is 3. The van der Waals surface area contributed by atoms with Crippen LogP contribution in [0.3, 0.4) is 0 Å². The fourth-order valence-corrected chi connectivity index (χ4v) is 5.34. The van der Waals surface area contributed by atoms with Crippen molar-refractivity contribution in [2.24, 2.45) is 0 Å². The second kappa shape index (κ2) is 11.2. The van der Waals surface area contributed by atoms with Crippen LogP contribution in [0, 0.1) is 12.3 Å². The maximum absolute atomic E-state index is 12.8. The number of terminal acetylenes is 1. The lowest BCUT2D eigenvalue weighted by molar-refractivity contribution is -0.0948. The molecule has 4 rings (SSSR count). The number of nitrogens with two attached hydrogens (primary N) is 1. The molecule has 0 saturated carbocycles. The molecule has 1 saturated heterocycles. The maximum atomic E-state index is 12.8. The van der Waals surface area contributed by atoms with Gasteiger partial charge in [-0.2, -0.15) is 4.98 Å². The highest BCUT2D eigenvalue weighted by Gasteiger charge is 2.53. The number of hydrogen-bond acceptors (Lipinski definition) is 8. The molecule has 0 amide bonds. The Balaban J connectivity index is 1.57. The molecule has 39 heavy (non-hydrogen) atoms. The number of fused-ring (bicyclic) bond motifs is 1. The highest BCUT2D eigenvalue weighted by Crippen LogP contribution is 2.43. The van der Waals surface area contributed by atoms with E-state index in [1.165, 1.54) is 0 Å². The van der Waals surface area contributed by atoms with Crippen molar-refractivity contribution in [2.45, 2.75) is 69.7 Å². The first kappa shape index (κ1) is 28.9. The normalized spacial score (nSPS) is 21.6. The van der Waals surface area contributed by atoms with Crippen molar-refractivity contribution in [3.63, 3.8) is 0 Å². The predicted octanol–water partition coefficient (Wildman–Crippen LogP) is 5.74. The van der Waals surface area contributed by atoms with Crippen LogP contribution in [0.1, 0.15) is 39.0 Å². The average Bonchev–Trinajstić information content (AvgIpc) is 3.45. The number of aromatic nitrogens is 3. The Morgan fingerprint density at radius 2 is 2.00 bits per heavy atom. The molecule has 0 spiro atoms. The molecular formula is C28H35ClN4O5Si. The number of hydrogen-bond donors (Lipinski definition) is 1. The Morgan fingerprint density at radius 1 is 1.28 bits per heavy atom. The Labute approximate surface area is 235 Å². The molecule has 2 N–H and O–H groups in total. The molecule has 1 aliphatic heterocycles. The van der Waals surface area contributed by atoms with Crippen LogP contribution in [0.5, 0.6) is 0 Å². The second-order valence-corrected chi connectivity index (χ2v) is 16.3. The summed E-state index contributed by atoms with van der Waals surface area (Å²) >= 11 is 6.09. The van der Waals surface area contributed by atoms with E-state index in [2.05, 4.69) is 49.8 Å². The summed E-state index contributed by atoms with van der Waals surface area (Å²) in [6.07, 6.45) is 6.36. The summed E-state index contributed by atoms with van der Waals surface area (Å²) in [5.74, 6) is 3.00. The number of nitrogen functional groups attached to an aromatic ring is 1. The molecule has 2 aromatic heterocycles. The van der Waals surface area contributed by atoms with Crippen molar-refractivity contribution in [2.75, 3.05) is 18.9 Å². The molecule has 0 bridgehead atoms. The largest absolute Gasteiger partial charge is 0.508 e. The molecule has 11 heteroatoms. The van der Waals surface area contributed by atoms with Gasteiger partial charge < -0.3 is 28.9 Å². The van der Waals surface area contributed by atoms with Gasteiger partial charge in [-0.05, 0) is 41.4 Å². The van der Waals surface area contributed by atoms with Gasteiger partial charge in [-0.25, -0.2) is 9.78 Å². The molecule has 3 aromatic rings. The van der Waals surface area contributed by atoms with Crippen LogP contribution in [0.4, 0.5) is 10.6 Å². The molecule has 1 aliphatic rings. The Hall–Kier alpha value is -3.10. The van der Waals surface area contributed by atoms with Crippen LogP contribution in [0.15, 0.2) is 42.6 Å². The minimum atomic E-state index is -2.22. The third-order valence-corrected chi connectivity index (χ3v) is 12.2. The maximum Gasteiger partial charge on any atom is 0.508 e. The number of rotatable bonds is 8. The standard InChI is InChI=1S/C28H35ClN4O5Si/c1-7-28(18-36-39(5,6)27(2,3)4)21(37-26(34)35-16-14-19-11-9-8-10-12-19)17-22(38-28)33-15-13-20-23(30)31-25(29)32-24(20)33/h1,8-13,15,21-22H,14,16-18H2,2-6H3,(H2,30,31,32)/t21-,22+,28+/m0/s1. The number of carbonyl (C=O) groups excluding carboxylic acids is 1. The van der Waals surface area contributed by atoms with Crippen molar-refractivity contribution in [1.29, 1.82) is 0 Å². The van der Waals surface area contributed by atoms with E-state index in [0.717, 1.165) is 5.56 Å². The molecule has 3 atom stereocenters. The van der Waals surface area contributed by atoms with Gasteiger partial charge in [0, 0.05) is 19.0 Å². The smallest absolute Gasteiger partial charge is 0.434 e. The SMILES string of the molecule is C#C[C@]1(CO[Si](C)(C)C(C)(C)C)O[C@@H](n2ccc3c(N)nc(Cl)nc32)C[C@@H]1OC(=O)OCCc1ccccc1. The lowest BCUT2D eigenvalue weighted by atomic mass is 9.99.